The van der Waals surface area contributed by atoms with Gasteiger partial charge in [0.05, 0.1) is 0 Å². The van der Waals surface area contributed by atoms with Crippen molar-refractivity contribution in [2.75, 3.05) is 0 Å². The number of rotatable bonds is 0. The van der Waals surface area contributed by atoms with E-state index in [-0.39, 0.29) is 17.1 Å². The third kappa shape index (κ3) is 3.74. The Labute approximate surface area is 59.5 Å². The normalized spacial score (nSPS) is 12.4. The number of hydrogen-bond acceptors (Lipinski definition) is 3. The summed E-state index contributed by atoms with van der Waals surface area (Å²) >= 11 is 0. The molecule has 56 valence electrons. The molecule has 0 unspecified atom stereocenters. The maximum Gasteiger partial charge on any atom is 2.00 e. The molecule has 0 aromatic rings. The molecule has 0 amide bonds. The Hall–Kier alpha value is 0.219. The predicted octanol–water partition coefficient (Wildman–Crippen LogP) is 0.0489. The minimum atomic E-state index is -6.09. The Morgan fingerprint density at radius 3 is 1.33 bits per heavy atom. The molecule has 0 heterocycles. The molecule has 0 saturated carbocycles. The van der Waals surface area contributed by atoms with E-state index in [9.17, 15) is 13.2 Å². The number of halogens is 3. The molecular weight excluding hydrogens is 205 g/mol. The second-order valence-corrected chi connectivity index (χ2v) is 2.27. The van der Waals surface area contributed by atoms with Gasteiger partial charge in [0.2, 0.25) is 0 Å². The van der Waals surface area contributed by atoms with Gasteiger partial charge in [-0.15, -0.1) is 0 Å². The molecule has 0 fully saturated rings. The summed E-state index contributed by atoms with van der Waals surface area (Å²) in [4.78, 5) is 0. The van der Waals surface area contributed by atoms with E-state index < -0.39 is 15.6 Å². The molecule has 9 heavy (non-hydrogen) atoms. The SMILES string of the molecule is O=S(=O)([O-])C(F)(F)F.[Fe+2]. The van der Waals surface area contributed by atoms with Gasteiger partial charge >= 0.3 is 22.6 Å². The van der Waals surface area contributed by atoms with Crippen LogP contribution in [-0.2, 0) is 27.2 Å². The Morgan fingerprint density at radius 1 is 1.22 bits per heavy atom. The summed E-state index contributed by atoms with van der Waals surface area (Å²) in [6, 6.07) is 0. The molecule has 0 aliphatic heterocycles. The van der Waals surface area contributed by atoms with Crippen LogP contribution in [0.5, 0.6) is 0 Å². The summed E-state index contributed by atoms with van der Waals surface area (Å²) in [5.74, 6) is 0. The molecule has 0 N–H and O–H groups in total. The summed E-state index contributed by atoms with van der Waals surface area (Å²) in [7, 11) is -6.09. The second kappa shape index (κ2) is 2.87. The first-order valence-corrected chi connectivity index (χ1v) is 2.68. The van der Waals surface area contributed by atoms with Gasteiger partial charge in [0, 0.05) is 0 Å². The maximum absolute atomic E-state index is 10.7. The van der Waals surface area contributed by atoms with Crippen LogP contribution in [0, 0.1) is 0 Å². The van der Waals surface area contributed by atoms with E-state index >= 15 is 0 Å². The molecule has 0 aliphatic rings. The largest absolute Gasteiger partial charge is 2.00 e. The van der Waals surface area contributed by atoms with E-state index in [1.54, 1.807) is 0 Å². The van der Waals surface area contributed by atoms with Crippen LogP contribution in [0.1, 0.15) is 0 Å². The standard InChI is InChI=1S/CHF3O3S.Fe/c2-1(3,4)8(5,6)7;/h(H,5,6,7);/q;+2/p-1. The topological polar surface area (TPSA) is 57.2 Å². The molecule has 8 heteroatoms. The van der Waals surface area contributed by atoms with E-state index in [0.29, 0.717) is 0 Å². The fraction of sp³-hybridized carbons (Fsp3) is 1.00. The zero-order valence-electron chi connectivity index (χ0n) is 3.62. The first kappa shape index (κ1) is 12.0. The van der Waals surface area contributed by atoms with Crippen molar-refractivity contribution in [2.24, 2.45) is 0 Å². The second-order valence-electron chi connectivity index (χ2n) is 0.900. The van der Waals surface area contributed by atoms with Crippen molar-refractivity contribution >= 4 is 10.1 Å². The van der Waals surface area contributed by atoms with Crippen molar-refractivity contribution in [2.45, 2.75) is 5.51 Å². The molecule has 0 bridgehead atoms. The third-order valence-electron chi connectivity index (χ3n) is 0.283. The van der Waals surface area contributed by atoms with Crippen molar-refractivity contribution < 1.29 is 43.2 Å². The fourth-order valence-corrected chi connectivity index (χ4v) is 0. The van der Waals surface area contributed by atoms with Crippen molar-refractivity contribution in [1.29, 1.82) is 0 Å². The van der Waals surface area contributed by atoms with Gasteiger partial charge in [0.15, 0.2) is 10.1 Å². The first-order valence-electron chi connectivity index (χ1n) is 1.27. The first-order chi connectivity index (χ1) is 3.25. The molecule has 0 saturated heterocycles. The average Bonchev–Trinajstić information content (AvgIpc) is 1.25. The Balaban J connectivity index is 0. The van der Waals surface area contributed by atoms with Crippen molar-refractivity contribution in [1.82, 2.24) is 0 Å². The monoisotopic (exact) mass is 205 g/mol. The van der Waals surface area contributed by atoms with E-state index in [2.05, 4.69) is 0 Å². The Bertz CT molecular complexity index is 168. The molecule has 0 atom stereocenters. The zero-order chi connectivity index (χ0) is 7.00. The van der Waals surface area contributed by atoms with Crippen LogP contribution in [0.3, 0.4) is 0 Å². The molecule has 0 aromatic heterocycles. The van der Waals surface area contributed by atoms with Gasteiger partial charge in [-0.05, 0) is 0 Å². The van der Waals surface area contributed by atoms with Crippen LogP contribution >= 0.6 is 0 Å². The van der Waals surface area contributed by atoms with Gasteiger partial charge < -0.3 is 4.55 Å². The van der Waals surface area contributed by atoms with Crippen LogP contribution in [0.2, 0.25) is 0 Å². The van der Waals surface area contributed by atoms with E-state index in [4.69, 9.17) is 13.0 Å². The van der Waals surface area contributed by atoms with Gasteiger partial charge in [0.1, 0.15) is 0 Å². The van der Waals surface area contributed by atoms with Crippen LogP contribution in [0.15, 0.2) is 0 Å². The minimum absolute atomic E-state index is 0. The quantitative estimate of drug-likeness (QED) is 0.319. The maximum atomic E-state index is 10.7. The van der Waals surface area contributed by atoms with E-state index in [1.165, 1.54) is 0 Å². The summed E-state index contributed by atoms with van der Waals surface area (Å²) < 4.78 is 58.9. The van der Waals surface area contributed by atoms with Crippen LogP contribution < -0.4 is 0 Å². The van der Waals surface area contributed by atoms with Gasteiger partial charge in [0.25, 0.3) is 0 Å². The van der Waals surface area contributed by atoms with Crippen molar-refractivity contribution in [3.05, 3.63) is 0 Å². The van der Waals surface area contributed by atoms with Crippen LogP contribution in [0.25, 0.3) is 0 Å². The van der Waals surface area contributed by atoms with Crippen LogP contribution in [-0.4, -0.2) is 18.5 Å². The van der Waals surface area contributed by atoms with E-state index in [0.717, 1.165) is 0 Å². The van der Waals surface area contributed by atoms with Gasteiger partial charge in [-0.3, -0.25) is 0 Å². The average molecular weight is 205 g/mol. The number of alkyl halides is 3. The van der Waals surface area contributed by atoms with Crippen molar-refractivity contribution in [3.63, 3.8) is 0 Å². The van der Waals surface area contributed by atoms with Crippen molar-refractivity contribution in [3.8, 4) is 0 Å². The smallest absolute Gasteiger partial charge is 0.741 e. The summed E-state index contributed by atoms with van der Waals surface area (Å²) in [5, 5.41) is 0. The summed E-state index contributed by atoms with van der Waals surface area (Å²) in [6.07, 6.45) is 0. The van der Waals surface area contributed by atoms with Gasteiger partial charge in [-0.2, -0.15) is 13.2 Å². The van der Waals surface area contributed by atoms with Gasteiger partial charge in [-0.25, -0.2) is 8.42 Å². The minimum Gasteiger partial charge on any atom is -0.741 e. The zero-order valence-corrected chi connectivity index (χ0v) is 5.54. The van der Waals surface area contributed by atoms with Crippen LogP contribution in [0.4, 0.5) is 13.2 Å². The predicted molar refractivity (Wildman–Crippen MR) is 15.8 cm³/mol. The molecule has 0 aromatic carbocycles. The summed E-state index contributed by atoms with van der Waals surface area (Å²) in [5.41, 5.74) is -5.65. The summed E-state index contributed by atoms with van der Waals surface area (Å²) in [6.45, 7) is 0. The van der Waals surface area contributed by atoms with Gasteiger partial charge in [-0.1, -0.05) is 0 Å². The number of hydrogen-bond donors (Lipinski definition) is 0. The fourth-order valence-electron chi connectivity index (χ4n) is 0. The molecule has 0 spiro atoms. The molecule has 3 nitrogen and oxygen atoms in total. The molecule has 0 radical (unpaired) electrons. The third-order valence-corrected chi connectivity index (χ3v) is 0.850. The molecule has 0 aliphatic carbocycles. The van der Waals surface area contributed by atoms with E-state index in [1.807, 2.05) is 0 Å². The molecular formula is CF3FeO3S+. The Morgan fingerprint density at radius 2 is 1.33 bits per heavy atom. The Kier molecular flexibility index (Phi) is 3.81. The molecule has 0 rings (SSSR count).